The van der Waals surface area contributed by atoms with E-state index in [-0.39, 0.29) is 0 Å². The Bertz CT molecular complexity index is 599. The summed E-state index contributed by atoms with van der Waals surface area (Å²) in [4.78, 5) is 11.2. The van der Waals surface area contributed by atoms with Gasteiger partial charge < -0.3 is 9.67 Å². The zero-order valence-electron chi connectivity index (χ0n) is 9.19. The molecule has 1 aliphatic carbocycles. The third-order valence-electron chi connectivity index (χ3n) is 3.50. The van der Waals surface area contributed by atoms with E-state index in [0.29, 0.717) is 11.6 Å². The number of carboxylic acid groups (broad SMARTS) is 1. The van der Waals surface area contributed by atoms with E-state index in [2.05, 4.69) is 20.5 Å². The molecule has 2 aromatic rings. The Balaban J connectivity index is 2.24. The van der Waals surface area contributed by atoms with Crippen LogP contribution in [0, 0.1) is 0 Å². The molecule has 1 fully saturated rings. The van der Waals surface area contributed by atoms with Gasteiger partial charge in [0.25, 0.3) is 0 Å². The summed E-state index contributed by atoms with van der Waals surface area (Å²) in [7, 11) is 0. The predicted octanol–water partition coefficient (Wildman–Crippen LogP) is 3.83. The fraction of sp³-hybridized carbons (Fsp3) is 0.308. The predicted molar refractivity (Wildman–Crippen MR) is 69.5 cm³/mol. The lowest BCUT2D eigenvalue weighted by Crippen LogP contribution is -2.15. The van der Waals surface area contributed by atoms with Gasteiger partial charge >= 0.3 is 5.97 Å². The fourth-order valence-electron chi connectivity index (χ4n) is 2.39. The molecule has 1 aromatic carbocycles. The molecule has 1 aromatic heterocycles. The topological polar surface area (TPSA) is 42.2 Å². The van der Waals surface area contributed by atoms with Crippen LogP contribution < -0.4 is 0 Å². The summed E-state index contributed by atoms with van der Waals surface area (Å²) in [6.07, 6.45) is 5.66. The second-order valence-electron chi connectivity index (χ2n) is 4.50. The lowest BCUT2D eigenvalue weighted by Gasteiger charge is -2.28. The van der Waals surface area contributed by atoms with Gasteiger partial charge in [0, 0.05) is 22.1 Å². The Morgan fingerprint density at radius 1 is 1.41 bits per heavy atom. The fourth-order valence-corrected chi connectivity index (χ4v) is 2.83. The lowest BCUT2D eigenvalue weighted by atomic mass is 9.93. The van der Waals surface area contributed by atoms with Gasteiger partial charge in [0.05, 0.1) is 11.1 Å². The van der Waals surface area contributed by atoms with Crippen LogP contribution in [-0.2, 0) is 0 Å². The lowest BCUT2D eigenvalue weighted by molar-refractivity contribution is 0.0699. The van der Waals surface area contributed by atoms with Crippen LogP contribution >= 0.6 is 15.9 Å². The molecular weight excluding hydrogens is 282 g/mol. The van der Waals surface area contributed by atoms with Gasteiger partial charge in [-0.15, -0.1) is 0 Å². The van der Waals surface area contributed by atoms with E-state index in [0.717, 1.165) is 15.4 Å². The van der Waals surface area contributed by atoms with Crippen LogP contribution in [0.15, 0.2) is 28.9 Å². The highest BCUT2D eigenvalue weighted by Crippen LogP contribution is 2.36. The molecule has 0 radical (unpaired) electrons. The van der Waals surface area contributed by atoms with Crippen molar-refractivity contribution < 1.29 is 9.90 Å². The number of fused-ring (bicyclic) bond motifs is 1. The van der Waals surface area contributed by atoms with E-state index in [1.165, 1.54) is 19.3 Å². The molecule has 0 aliphatic heterocycles. The summed E-state index contributed by atoms with van der Waals surface area (Å²) >= 11 is 3.38. The van der Waals surface area contributed by atoms with E-state index in [4.69, 9.17) is 0 Å². The zero-order valence-corrected chi connectivity index (χ0v) is 10.8. The number of carboxylic acids is 1. The normalized spacial score (nSPS) is 16.1. The third-order valence-corrected chi connectivity index (χ3v) is 3.96. The summed E-state index contributed by atoms with van der Waals surface area (Å²) in [6, 6.07) is 6.11. The zero-order chi connectivity index (χ0) is 12.0. The molecule has 0 spiro atoms. The maximum absolute atomic E-state index is 11.2. The van der Waals surface area contributed by atoms with Crippen molar-refractivity contribution >= 4 is 32.8 Å². The summed E-state index contributed by atoms with van der Waals surface area (Å²) in [5.74, 6) is -0.873. The second kappa shape index (κ2) is 3.88. The minimum atomic E-state index is -0.873. The first-order valence-electron chi connectivity index (χ1n) is 5.70. The van der Waals surface area contributed by atoms with Gasteiger partial charge in [-0.05, 0) is 37.5 Å². The SMILES string of the molecule is O=C(O)c1cc(Br)cc2c1ccn2C1CCC1. The van der Waals surface area contributed by atoms with E-state index >= 15 is 0 Å². The third kappa shape index (κ3) is 1.67. The maximum atomic E-state index is 11.2. The standard InChI is InChI=1S/C13H12BrNO2/c14-8-6-11(13(16)17)10-4-5-15(12(10)7-8)9-2-1-3-9/h4-7,9H,1-3H2,(H,16,17). The van der Waals surface area contributed by atoms with Gasteiger partial charge in [-0.3, -0.25) is 0 Å². The number of rotatable bonds is 2. The molecule has 1 heterocycles. The highest BCUT2D eigenvalue weighted by Gasteiger charge is 2.22. The highest BCUT2D eigenvalue weighted by atomic mass is 79.9. The summed E-state index contributed by atoms with van der Waals surface area (Å²) in [6.45, 7) is 0. The highest BCUT2D eigenvalue weighted by molar-refractivity contribution is 9.10. The molecule has 4 heteroatoms. The Kier molecular flexibility index (Phi) is 2.47. The average Bonchev–Trinajstić information content (AvgIpc) is 2.58. The van der Waals surface area contributed by atoms with Gasteiger partial charge in [-0.1, -0.05) is 15.9 Å². The van der Waals surface area contributed by atoms with E-state index in [1.54, 1.807) is 6.07 Å². The van der Waals surface area contributed by atoms with Crippen molar-refractivity contribution in [2.45, 2.75) is 25.3 Å². The molecule has 0 unspecified atom stereocenters. The summed E-state index contributed by atoms with van der Waals surface area (Å²) in [5.41, 5.74) is 1.38. The molecule has 1 saturated carbocycles. The summed E-state index contributed by atoms with van der Waals surface area (Å²) < 4.78 is 3.03. The summed E-state index contributed by atoms with van der Waals surface area (Å²) in [5, 5.41) is 10.0. The molecule has 0 bridgehead atoms. The van der Waals surface area contributed by atoms with Crippen LogP contribution in [0.4, 0.5) is 0 Å². The van der Waals surface area contributed by atoms with Gasteiger partial charge in [0.1, 0.15) is 0 Å². The number of aromatic carboxylic acids is 1. The first kappa shape index (κ1) is 10.8. The van der Waals surface area contributed by atoms with Crippen molar-refractivity contribution in [2.24, 2.45) is 0 Å². The quantitative estimate of drug-likeness (QED) is 0.914. The number of hydrogen-bond acceptors (Lipinski definition) is 1. The van der Waals surface area contributed by atoms with Crippen LogP contribution in [0.5, 0.6) is 0 Å². The van der Waals surface area contributed by atoms with Gasteiger partial charge in [-0.25, -0.2) is 4.79 Å². The Labute approximate surface area is 107 Å². The van der Waals surface area contributed by atoms with Crippen molar-refractivity contribution in [3.63, 3.8) is 0 Å². The molecule has 0 saturated heterocycles. The van der Waals surface area contributed by atoms with Gasteiger partial charge in [-0.2, -0.15) is 0 Å². The van der Waals surface area contributed by atoms with Crippen LogP contribution in [0.3, 0.4) is 0 Å². The number of hydrogen-bond donors (Lipinski definition) is 1. The molecule has 1 aliphatic rings. The molecular formula is C13H12BrNO2. The van der Waals surface area contributed by atoms with Crippen LogP contribution in [-0.4, -0.2) is 15.6 Å². The first-order chi connectivity index (χ1) is 8.16. The van der Waals surface area contributed by atoms with E-state index in [1.807, 2.05) is 18.3 Å². The van der Waals surface area contributed by atoms with Crippen LogP contribution in [0.2, 0.25) is 0 Å². The molecule has 17 heavy (non-hydrogen) atoms. The maximum Gasteiger partial charge on any atom is 0.336 e. The van der Waals surface area contributed by atoms with Crippen molar-refractivity contribution in [3.05, 3.63) is 34.4 Å². The molecule has 1 N–H and O–H groups in total. The largest absolute Gasteiger partial charge is 0.478 e. The van der Waals surface area contributed by atoms with Gasteiger partial charge in [0.2, 0.25) is 0 Å². The monoisotopic (exact) mass is 293 g/mol. The Hall–Kier alpha value is -1.29. The Morgan fingerprint density at radius 2 is 2.18 bits per heavy atom. The average molecular weight is 294 g/mol. The van der Waals surface area contributed by atoms with Crippen molar-refractivity contribution in [2.75, 3.05) is 0 Å². The van der Waals surface area contributed by atoms with Crippen LogP contribution in [0.25, 0.3) is 10.9 Å². The van der Waals surface area contributed by atoms with E-state index < -0.39 is 5.97 Å². The minimum absolute atomic E-state index is 0.368. The van der Waals surface area contributed by atoms with Crippen molar-refractivity contribution in [1.82, 2.24) is 4.57 Å². The van der Waals surface area contributed by atoms with Crippen LogP contribution in [0.1, 0.15) is 35.7 Å². The van der Waals surface area contributed by atoms with E-state index in [9.17, 15) is 9.90 Å². The Morgan fingerprint density at radius 3 is 2.76 bits per heavy atom. The molecule has 88 valence electrons. The molecule has 3 rings (SSSR count). The minimum Gasteiger partial charge on any atom is -0.478 e. The second-order valence-corrected chi connectivity index (χ2v) is 5.41. The number of carbonyl (C=O) groups is 1. The first-order valence-corrected chi connectivity index (χ1v) is 6.49. The molecule has 0 atom stereocenters. The van der Waals surface area contributed by atoms with Gasteiger partial charge in [0.15, 0.2) is 0 Å². The molecule has 0 amide bonds. The number of halogens is 1. The van der Waals surface area contributed by atoms with Crippen molar-refractivity contribution in [1.29, 1.82) is 0 Å². The number of benzene rings is 1. The van der Waals surface area contributed by atoms with Crippen molar-refractivity contribution in [3.8, 4) is 0 Å². The molecule has 3 nitrogen and oxygen atoms in total. The smallest absolute Gasteiger partial charge is 0.336 e. The number of aromatic nitrogens is 1. The number of nitrogens with zero attached hydrogens (tertiary/aromatic N) is 1.